The number of carbonyl (C=O) groups excluding carboxylic acids is 2. The Morgan fingerprint density at radius 2 is 1.97 bits per heavy atom. The molecule has 1 aromatic heterocycles. The van der Waals surface area contributed by atoms with Crippen molar-refractivity contribution in [1.82, 2.24) is 19.9 Å². The first-order valence-corrected chi connectivity index (χ1v) is 12.8. The lowest BCUT2D eigenvalue weighted by atomic mass is 10.0. The molecule has 1 aliphatic carbocycles. The molecule has 33 heavy (non-hydrogen) atoms. The van der Waals surface area contributed by atoms with Gasteiger partial charge in [-0.25, -0.2) is 13.1 Å². The van der Waals surface area contributed by atoms with Gasteiger partial charge in [-0.05, 0) is 67.5 Å². The molecule has 8 nitrogen and oxygen atoms in total. The summed E-state index contributed by atoms with van der Waals surface area (Å²) in [5.41, 5.74) is 0.914. The first kappa shape index (κ1) is 23.7. The molecule has 10 heteroatoms. The summed E-state index contributed by atoms with van der Waals surface area (Å²) in [5.74, 6) is -0.419. The standard InChI is InChI=1S/C23H27ClN4O4S/c1-16(17-3-2-11-25-14-17)27-22(30)20-13-23(9-10-23)15-28(20)21(29)8-12-26-33(31,32)19-6-4-18(24)5-7-19/h2-7,11,14,16,20,26H,8-10,12-13,15H2,1H3,(H,27,30)/t16?,20-/m1/s1. The Balaban J connectivity index is 1.36. The number of nitrogens with one attached hydrogen (secondary N) is 2. The van der Waals surface area contributed by atoms with E-state index in [4.69, 9.17) is 11.6 Å². The van der Waals surface area contributed by atoms with Crippen molar-refractivity contribution in [2.75, 3.05) is 13.1 Å². The maximum absolute atomic E-state index is 13.1. The van der Waals surface area contributed by atoms with E-state index in [1.165, 1.54) is 24.3 Å². The highest BCUT2D eigenvalue weighted by atomic mass is 35.5. The molecule has 1 spiro atoms. The summed E-state index contributed by atoms with van der Waals surface area (Å²) in [6, 6.07) is 8.74. The number of sulfonamides is 1. The summed E-state index contributed by atoms with van der Waals surface area (Å²) in [5, 5.41) is 3.44. The highest BCUT2D eigenvalue weighted by Crippen LogP contribution is 2.55. The second-order valence-electron chi connectivity index (χ2n) is 8.86. The zero-order valence-electron chi connectivity index (χ0n) is 18.3. The minimum absolute atomic E-state index is 0.0230. The minimum atomic E-state index is -3.75. The van der Waals surface area contributed by atoms with Gasteiger partial charge in [0, 0.05) is 36.9 Å². The number of amides is 2. The molecule has 0 bridgehead atoms. The van der Waals surface area contributed by atoms with Crippen LogP contribution in [0.3, 0.4) is 0 Å². The Morgan fingerprint density at radius 1 is 1.24 bits per heavy atom. The van der Waals surface area contributed by atoms with Crippen LogP contribution in [-0.2, 0) is 19.6 Å². The van der Waals surface area contributed by atoms with Gasteiger partial charge in [-0.2, -0.15) is 0 Å². The van der Waals surface area contributed by atoms with Gasteiger partial charge in [0.2, 0.25) is 21.8 Å². The first-order valence-electron chi connectivity index (χ1n) is 10.9. The molecule has 1 saturated carbocycles. The quantitative estimate of drug-likeness (QED) is 0.591. The van der Waals surface area contributed by atoms with Crippen LogP contribution in [0.2, 0.25) is 5.02 Å². The van der Waals surface area contributed by atoms with Crippen LogP contribution in [0, 0.1) is 5.41 Å². The fourth-order valence-corrected chi connectivity index (χ4v) is 5.41. The smallest absolute Gasteiger partial charge is 0.243 e. The number of aromatic nitrogens is 1. The predicted octanol–water partition coefficient (Wildman–Crippen LogP) is 2.66. The molecule has 2 amide bonds. The highest BCUT2D eigenvalue weighted by molar-refractivity contribution is 7.89. The van der Waals surface area contributed by atoms with Gasteiger partial charge in [-0.1, -0.05) is 17.7 Å². The third kappa shape index (κ3) is 5.54. The van der Waals surface area contributed by atoms with Gasteiger partial charge < -0.3 is 10.2 Å². The van der Waals surface area contributed by atoms with E-state index in [0.717, 1.165) is 18.4 Å². The monoisotopic (exact) mass is 490 g/mol. The zero-order chi connectivity index (χ0) is 23.6. The van der Waals surface area contributed by atoms with Crippen LogP contribution in [-0.4, -0.2) is 49.2 Å². The Bertz CT molecular complexity index is 1120. The SMILES string of the molecule is CC(NC(=O)[C@H]1CC2(CC2)CN1C(=O)CCNS(=O)(=O)c1ccc(Cl)cc1)c1cccnc1. The molecule has 0 radical (unpaired) electrons. The predicted molar refractivity (Wildman–Crippen MR) is 124 cm³/mol. The summed E-state index contributed by atoms with van der Waals surface area (Å²) in [6.07, 6.45) is 6.00. The van der Waals surface area contributed by atoms with E-state index in [-0.39, 0.29) is 41.1 Å². The first-order chi connectivity index (χ1) is 15.7. The largest absolute Gasteiger partial charge is 0.348 e. The lowest BCUT2D eigenvalue weighted by Gasteiger charge is -2.25. The van der Waals surface area contributed by atoms with E-state index < -0.39 is 16.1 Å². The number of carbonyl (C=O) groups is 2. The van der Waals surface area contributed by atoms with E-state index in [9.17, 15) is 18.0 Å². The normalized spacial score (nSPS) is 19.9. The number of hydrogen-bond acceptors (Lipinski definition) is 5. The van der Waals surface area contributed by atoms with Crippen LogP contribution >= 0.6 is 11.6 Å². The van der Waals surface area contributed by atoms with Gasteiger partial charge in [0.05, 0.1) is 10.9 Å². The minimum Gasteiger partial charge on any atom is -0.348 e. The topological polar surface area (TPSA) is 108 Å². The molecule has 176 valence electrons. The Hall–Kier alpha value is -2.49. The molecule has 1 aromatic carbocycles. The van der Waals surface area contributed by atoms with Crippen molar-refractivity contribution in [1.29, 1.82) is 0 Å². The molecule has 1 aliphatic heterocycles. The molecule has 2 atom stereocenters. The third-order valence-electron chi connectivity index (χ3n) is 6.39. The van der Waals surface area contributed by atoms with Gasteiger partial charge in [0.15, 0.2) is 0 Å². The number of rotatable bonds is 8. The fourth-order valence-electron chi connectivity index (χ4n) is 4.25. The van der Waals surface area contributed by atoms with Crippen LogP contribution < -0.4 is 10.0 Å². The number of hydrogen-bond donors (Lipinski definition) is 2. The van der Waals surface area contributed by atoms with Gasteiger partial charge in [-0.15, -0.1) is 0 Å². The Labute approximate surface area is 198 Å². The van der Waals surface area contributed by atoms with E-state index in [1.807, 2.05) is 19.1 Å². The van der Waals surface area contributed by atoms with E-state index in [0.29, 0.717) is 18.0 Å². The molecule has 1 unspecified atom stereocenters. The summed E-state index contributed by atoms with van der Waals surface area (Å²) >= 11 is 5.81. The number of nitrogens with zero attached hydrogens (tertiary/aromatic N) is 2. The average molecular weight is 491 g/mol. The second-order valence-corrected chi connectivity index (χ2v) is 11.1. The van der Waals surface area contributed by atoms with Crippen molar-refractivity contribution in [3.63, 3.8) is 0 Å². The molecular weight excluding hydrogens is 464 g/mol. The summed E-state index contributed by atoms with van der Waals surface area (Å²) in [4.78, 5) is 31.8. The van der Waals surface area contributed by atoms with Gasteiger partial charge in [0.1, 0.15) is 6.04 Å². The van der Waals surface area contributed by atoms with Crippen molar-refractivity contribution >= 4 is 33.4 Å². The number of likely N-dealkylation sites (tertiary alicyclic amines) is 1. The lowest BCUT2D eigenvalue weighted by molar-refractivity contribution is -0.138. The van der Waals surface area contributed by atoms with E-state index >= 15 is 0 Å². The van der Waals surface area contributed by atoms with Crippen molar-refractivity contribution in [3.05, 3.63) is 59.4 Å². The Kier molecular flexibility index (Phi) is 6.74. The van der Waals surface area contributed by atoms with Crippen LogP contribution in [0.1, 0.15) is 44.2 Å². The zero-order valence-corrected chi connectivity index (χ0v) is 19.9. The van der Waals surface area contributed by atoms with Crippen LogP contribution in [0.25, 0.3) is 0 Å². The Morgan fingerprint density at radius 3 is 2.61 bits per heavy atom. The van der Waals surface area contributed by atoms with Crippen LogP contribution in [0.15, 0.2) is 53.7 Å². The average Bonchev–Trinajstić information content (AvgIpc) is 3.44. The molecule has 2 N–H and O–H groups in total. The van der Waals surface area contributed by atoms with Gasteiger partial charge in [-0.3, -0.25) is 14.6 Å². The van der Waals surface area contributed by atoms with Crippen LogP contribution in [0.4, 0.5) is 0 Å². The van der Waals surface area contributed by atoms with Crippen molar-refractivity contribution < 1.29 is 18.0 Å². The highest BCUT2D eigenvalue weighted by Gasteiger charge is 2.55. The molecule has 4 rings (SSSR count). The maximum atomic E-state index is 13.1. The fraction of sp³-hybridized carbons (Fsp3) is 0.435. The molecule has 2 fully saturated rings. The van der Waals surface area contributed by atoms with Crippen molar-refractivity contribution in [3.8, 4) is 0 Å². The molecule has 2 aliphatic rings. The van der Waals surface area contributed by atoms with E-state index in [1.54, 1.807) is 17.3 Å². The van der Waals surface area contributed by atoms with E-state index in [2.05, 4.69) is 15.0 Å². The molecule has 2 heterocycles. The lowest BCUT2D eigenvalue weighted by Crippen LogP contribution is -2.47. The number of halogens is 1. The summed E-state index contributed by atoms with van der Waals surface area (Å²) < 4.78 is 27.3. The number of benzene rings is 1. The second kappa shape index (κ2) is 9.40. The molecule has 2 aromatic rings. The number of pyridine rings is 1. The summed E-state index contributed by atoms with van der Waals surface area (Å²) in [6.45, 7) is 2.37. The van der Waals surface area contributed by atoms with Gasteiger partial charge in [0.25, 0.3) is 0 Å². The molecule has 1 saturated heterocycles. The van der Waals surface area contributed by atoms with Crippen molar-refractivity contribution in [2.24, 2.45) is 5.41 Å². The van der Waals surface area contributed by atoms with Crippen LogP contribution in [0.5, 0.6) is 0 Å². The van der Waals surface area contributed by atoms with Crippen molar-refractivity contribution in [2.45, 2.75) is 49.6 Å². The third-order valence-corrected chi connectivity index (χ3v) is 8.12. The summed E-state index contributed by atoms with van der Waals surface area (Å²) in [7, 11) is -3.75. The maximum Gasteiger partial charge on any atom is 0.243 e. The molecular formula is C23H27ClN4O4S. The van der Waals surface area contributed by atoms with Gasteiger partial charge >= 0.3 is 0 Å².